The smallest absolute Gasteiger partial charge is 0.322 e. The fourth-order valence-corrected chi connectivity index (χ4v) is 9.93. The van der Waals surface area contributed by atoms with E-state index in [1.807, 2.05) is 0 Å². The third kappa shape index (κ3) is 34.2. The third-order valence-electron chi connectivity index (χ3n) is 14.8. The lowest BCUT2D eigenvalue weighted by Crippen LogP contribution is -2.57. The predicted octanol–water partition coefficient (Wildman–Crippen LogP) is -8.92. The number of hydrogen-bond donors (Lipinski definition) is 23. The van der Waals surface area contributed by atoms with Crippen LogP contribution in [0.5, 0.6) is 0 Å². The van der Waals surface area contributed by atoms with Gasteiger partial charge >= 0.3 is 11.9 Å². The molecule has 0 bridgehead atoms. The Morgan fingerprint density at radius 3 is 1.41 bits per heavy atom. The van der Waals surface area contributed by atoms with Gasteiger partial charge in [-0.2, -0.15) is 12.6 Å². The molecule has 3 aromatic rings. The Kier molecular flexibility index (Phi) is 38.5. The number of unbranched alkanes of at least 4 members (excludes halogenated alkanes) is 1. The number of rotatable bonds is 48. The molecule has 40 nitrogen and oxygen atoms in total. The number of carbonyl (C=O) groups excluding carboxylic acids is 15. The number of primary amides is 1. The number of guanidine groups is 1. The van der Waals surface area contributed by atoms with Gasteiger partial charge in [0.1, 0.15) is 48.8 Å². The highest BCUT2D eigenvalue weighted by molar-refractivity contribution is 7.80. The zero-order chi connectivity index (χ0) is 77.4. The summed E-state index contributed by atoms with van der Waals surface area (Å²) in [7, 11) is 0. The maximum absolute atomic E-state index is 14.0. The van der Waals surface area contributed by atoms with Gasteiger partial charge in [-0.3, -0.25) is 86.5 Å². The summed E-state index contributed by atoms with van der Waals surface area (Å²) in [4.78, 5) is 227. The normalized spacial score (nSPS) is 13.1. The molecule has 8 atom stereocenters. The standard InChI is InChI=1S/C63H93N21O19S/c1-33(2)19-41(62(103)84-42(20-34-11-4-3-5-12-34)58(99)74-26-48(87)78-39(15-8-9-17-64)56(97)72-25-47(86)71-31-54(94)95)79-49(88)29-77-61(102)45(32-104)82-52(91)30-76-60(101)44(23-46(66)85)81-51(90)28-75-59(100)43(21-35-24-70-38-14-7-6-13-36(35)38)80-50(89)27-73-57(98)40(16-10-18-69-63(67)68)83-55(96)37(65)22-53(92)93/h3-7,11-14,24,33,37,39-45,70,104H,8-10,15-23,25-32,64-65H2,1-2H3,(H2,66,85)(H,71,86)(H,72,97)(H,73,98)(H,74,99)(H,75,100)(H,76,101)(H,77,102)(H,78,87)(H,79,88)(H,80,89)(H,81,90)(H,82,91)(H,83,96)(H,84,103)(H,92,93)(H,94,95)(H4,67,68,69)/t37-,39-,40-,41-,42-,43-,44-,45-/m0/s1. The summed E-state index contributed by atoms with van der Waals surface area (Å²) in [5.74, 6) is -17.5. The maximum atomic E-state index is 14.0. The molecule has 0 saturated heterocycles. The first-order valence-corrected chi connectivity index (χ1v) is 33.4. The van der Waals surface area contributed by atoms with E-state index in [0.29, 0.717) is 34.9 Å². The van der Waals surface area contributed by atoms with Gasteiger partial charge in [0.25, 0.3) is 0 Å². The summed E-state index contributed by atoms with van der Waals surface area (Å²) < 4.78 is 0. The lowest BCUT2D eigenvalue weighted by Gasteiger charge is -2.25. The molecule has 104 heavy (non-hydrogen) atoms. The van der Waals surface area contributed by atoms with Crippen LogP contribution in [0.3, 0.4) is 0 Å². The van der Waals surface area contributed by atoms with Gasteiger partial charge in [0.15, 0.2) is 5.96 Å². The molecular weight excluding hydrogens is 1390 g/mol. The average molecular weight is 1480 g/mol. The SMILES string of the molecule is CC(C)C[C@H](NC(=O)CNC(=O)[C@H](CS)NC(=O)CNC(=O)[C@H](CC(N)=O)NC(=O)CNC(=O)[C@H](Cc1c[nH]c2ccccc12)NC(=O)CNC(=O)[C@H](CCCN=C(N)N)NC(=O)[C@@H](N)CC(=O)O)C(=O)N[C@@H](Cc1ccccc1)C(=O)NCC(=O)N[C@@H](CCCCN)C(=O)NCC(=O)NCC(=O)O. The van der Waals surface area contributed by atoms with Crippen LogP contribution in [0.4, 0.5) is 0 Å². The molecule has 0 saturated carbocycles. The van der Waals surface area contributed by atoms with E-state index in [4.69, 9.17) is 38.9 Å². The van der Waals surface area contributed by atoms with E-state index in [1.165, 1.54) is 0 Å². The van der Waals surface area contributed by atoms with Crippen LogP contribution in [0, 0.1) is 5.92 Å². The third-order valence-corrected chi connectivity index (χ3v) is 15.2. The molecule has 0 aliphatic rings. The Morgan fingerprint density at radius 2 is 0.904 bits per heavy atom. The van der Waals surface area contributed by atoms with E-state index in [-0.39, 0.29) is 69.2 Å². The number of para-hydroxylation sites is 1. The number of benzene rings is 2. The van der Waals surface area contributed by atoms with Crippen molar-refractivity contribution in [3.8, 4) is 0 Å². The fourth-order valence-electron chi connectivity index (χ4n) is 9.67. The molecule has 0 spiro atoms. The summed E-state index contributed by atoms with van der Waals surface area (Å²) in [6.07, 6.45) is 0.683. The lowest BCUT2D eigenvalue weighted by molar-refractivity contribution is -0.140. The molecule has 570 valence electrons. The molecule has 41 heteroatoms. The minimum Gasteiger partial charge on any atom is -0.481 e. The average Bonchev–Trinajstić information content (AvgIpc) is 1.67. The molecule has 0 fully saturated rings. The van der Waals surface area contributed by atoms with Crippen LogP contribution in [0.2, 0.25) is 0 Å². The maximum Gasteiger partial charge on any atom is 0.322 e. The van der Waals surface area contributed by atoms with Gasteiger partial charge in [0.05, 0.1) is 58.2 Å². The largest absolute Gasteiger partial charge is 0.481 e. The first-order valence-electron chi connectivity index (χ1n) is 32.7. The first kappa shape index (κ1) is 86.7. The Labute approximate surface area is 601 Å². The molecule has 1 heterocycles. The van der Waals surface area contributed by atoms with Crippen molar-refractivity contribution in [2.75, 3.05) is 64.7 Å². The highest BCUT2D eigenvalue weighted by atomic mass is 32.1. The molecule has 1 aromatic heterocycles. The number of aromatic nitrogens is 1. The predicted molar refractivity (Wildman–Crippen MR) is 375 cm³/mol. The Morgan fingerprint density at radius 1 is 0.462 bits per heavy atom. The molecule has 0 radical (unpaired) electrons. The summed E-state index contributed by atoms with van der Waals surface area (Å²) in [6, 6.07) is 3.97. The van der Waals surface area contributed by atoms with E-state index in [9.17, 15) is 81.5 Å². The number of nitrogens with two attached hydrogens (primary N) is 5. The number of carbonyl (C=O) groups is 17. The molecule has 2 aromatic carbocycles. The number of aliphatic imine (C=N–C) groups is 1. The molecule has 0 aliphatic heterocycles. The summed E-state index contributed by atoms with van der Waals surface area (Å²) in [5.41, 5.74) is 29.2. The number of amides is 15. The van der Waals surface area contributed by atoms with Gasteiger partial charge in [-0.05, 0) is 68.2 Å². The number of aliphatic carboxylic acids is 2. The molecule has 0 unspecified atom stereocenters. The fraction of sp³-hybridized carbons (Fsp3) is 0.492. The number of H-pyrrole nitrogens is 1. The van der Waals surface area contributed by atoms with E-state index in [1.54, 1.807) is 74.6 Å². The van der Waals surface area contributed by atoms with Gasteiger partial charge < -0.3 is 118 Å². The highest BCUT2D eigenvalue weighted by Crippen LogP contribution is 2.19. The number of aromatic amines is 1. The number of nitrogens with zero attached hydrogens (tertiary/aromatic N) is 1. The first-order chi connectivity index (χ1) is 49.3. The number of fused-ring (bicyclic) bond motifs is 1. The quantitative estimate of drug-likeness (QED) is 0.0108. The van der Waals surface area contributed by atoms with Gasteiger partial charge in [-0.25, -0.2) is 0 Å². The van der Waals surface area contributed by atoms with Gasteiger partial charge in [-0.1, -0.05) is 62.4 Å². The van der Waals surface area contributed by atoms with Crippen molar-refractivity contribution in [2.24, 2.45) is 39.6 Å². The van der Waals surface area contributed by atoms with Crippen LogP contribution in [-0.2, 0) is 94.3 Å². The number of thiol groups is 1. The van der Waals surface area contributed by atoms with E-state index < -0.39 is 208 Å². The molecule has 0 aliphatic carbocycles. The summed E-state index contributed by atoms with van der Waals surface area (Å²) >= 11 is 4.12. The van der Waals surface area contributed by atoms with Crippen molar-refractivity contribution in [3.63, 3.8) is 0 Å². The van der Waals surface area contributed by atoms with Crippen LogP contribution in [0.25, 0.3) is 10.9 Å². The monoisotopic (exact) mass is 1480 g/mol. The van der Waals surface area contributed by atoms with Crippen molar-refractivity contribution in [3.05, 3.63) is 71.9 Å². The summed E-state index contributed by atoms with van der Waals surface area (Å²) in [5, 5.41) is 51.6. The van der Waals surface area contributed by atoms with Crippen molar-refractivity contribution in [1.29, 1.82) is 0 Å². The van der Waals surface area contributed by atoms with Crippen LogP contribution >= 0.6 is 12.6 Å². The van der Waals surface area contributed by atoms with Crippen LogP contribution in [0.1, 0.15) is 76.3 Å². The Balaban J connectivity index is 1.63. The second-order valence-electron chi connectivity index (χ2n) is 23.9. The number of carboxylic acid groups (broad SMARTS) is 2. The van der Waals surface area contributed by atoms with Crippen LogP contribution < -0.4 is 103 Å². The minimum atomic E-state index is -1.75. The Bertz CT molecular complexity index is 3540. The Hall–Kier alpha value is -11.5. The van der Waals surface area contributed by atoms with Crippen molar-refractivity contribution >= 4 is 130 Å². The van der Waals surface area contributed by atoms with Gasteiger partial charge in [0, 0.05) is 42.2 Å². The van der Waals surface area contributed by atoms with E-state index in [2.05, 4.69) is 97.0 Å². The van der Waals surface area contributed by atoms with Crippen LogP contribution in [-0.4, -0.2) is 235 Å². The van der Waals surface area contributed by atoms with Crippen molar-refractivity contribution in [1.82, 2.24) is 79.4 Å². The van der Waals surface area contributed by atoms with E-state index >= 15 is 0 Å². The van der Waals surface area contributed by atoms with Crippen LogP contribution in [0.15, 0.2) is 65.8 Å². The van der Waals surface area contributed by atoms with Gasteiger partial charge in [-0.15, -0.1) is 0 Å². The van der Waals surface area contributed by atoms with Gasteiger partial charge in [0.2, 0.25) is 88.6 Å². The van der Waals surface area contributed by atoms with E-state index in [0.717, 1.165) is 0 Å². The topological polar surface area (TPSA) is 657 Å². The number of carboxylic acids is 2. The highest BCUT2D eigenvalue weighted by Gasteiger charge is 2.32. The zero-order valence-electron chi connectivity index (χ0n) is 57.2. The zero-order valence-corrected chi connectivity index (χ0v) is 58.1. The van der Waals surface area contributed by atoms with Crippen molar-refractivity contribution in [2.45, 2.75) is 126 Å². The second-order valence-corrected chi connectivity index (χ2v) is 24.2. The summed E-state index contributed by atoms with van der Waals surface area (Å²) in [6.45, 7) is -1.47. The minimum absolute atomic E-state index is 0.0167. The number of hydrogen-bond acceptors (Lipinski definition) is 21. The number of nitrogens with one attached hydrogen (secondary N) is 15. The second kappa shape index (κ2) is 46.1. The molecular formula is C63H93N21O19S. The lowest BCUT2D eigenvalue weighted by atomic mass is 10.0. The van der Waals surface area contributed by atoms with Crippen molar-refractivity contribution < 1.29 is 91.7 Å². The molecule has 27 N–H and O–H groups in total. The molecule has 3 rings (SSSR count). The molecule has 15 amide bonds.